The summed E-state index contributed by atoms with van der Waals surface area (Å²) in [6, 6.07) is 15.6. The number of benzene rings is 2. The first kappa shape index (κ1) is 20.2. The molecule has 150 valence electrons. The number of carbonyl (C=O) groups excluding carboxylic acids is 1. The van der Waals surface area contributed by atoms with Crippen molar-refractivity contribution in [3.8, 4) is 11.5 Å². The number of carbonyl (C=O) groups is 1. The van der Waals surface area contributed by atoms with Gasteiger partial charge in [-0.05, 0) is 67.9 Å². The average Bonchev–Trinajstić information content (AvgIpc) is 3.04. The van der Waals surface area contributed by atoms with Crippen LogP contribution < -0.4 is 14.8 Å². The minimum Gasteiger partial charge on any atom is -0.497 e. The van der Waals surface area contributed by atoms with Gasteiger partial charge in [0.1, 0.15) is 11.5 Å². The molecule has 1 unspecified atom stereocenters. The Labute approximate surface area is 167 Å². The quantitative estimate of drug-likeness (QED) is 0.785. The van der Waals surface area contributed by atoms with E-state index in [1.165, 1.54) is 31.2 Å². The number of methoxy groups -OCH3 is 2. The van der Waals surface area contributed by atoms with Crippen LogP contribution >= 0.6 is 0 Å². The number of rotatable bonds is 7. The first-order valence-electron chi connectivity index (χ1n) is 10.0. The van der Waals surface area contributed by atoms with E-state index in [9.17, 15) is 4.79 Å². The van der Waals surface area contributed by atoms with E-state index in [0.29, 0.717) is 12.1 Å². The molecular formula is C23H30N2O3. The Morgan fingerprint density at radius 3 is 1.96 bits per heavy atom. The van der Waals surface area contributed by atoms with Gasteiger partial charge in [-0.2, -0.15) is 0 Å². The van der Waals surface area contributed by atoms with E-state index in [1.807, 2.05) is 24.3 Å². The van der Waals surface area contributed by atoms with Gasteiger partial charge in [0.2, 0.25) is 0 Å². The SMILES string of the molecule is COc1ccc(C(=O)NCC(c2ccc(OC)cc2)N2CCCCCC2)cc1. The van der Waals surface area contributed by atoms with Gasteiger partial charge in [0.25, 0.3) is 5.91 Å². The standard InChI is InChI=1S/C23H30N2O3/c1-27-20-11-7-18(8-12-20)22(25-15-5-3-4-6-16-25)17-24-23(26)19-9-13-21(28-2)14-10-19/h7-14,22H,3-6,15-17H2,1-2H3,(H,24,26). The smallest absolute Gasteiger partial charge is 0.251 e. The molecule has 28 heavy (non-hydrogen) atoms. The lowest BCUT2D eigenvalue weighted by molar-refractivity contribution is 0.0933. The Kier molecular flexibility index (Phi) is 7.31. The van der Waals surface area contributed by atoms with Crippen molar-refractivity contribution in [2.45, 2.75) is 31.7 Å². The van der Waals surface area contributed by atoms with Gasteiger partial charge < -0.3 is 14.8 Å². The molecule has 3 rings (SSSR count). The molecule has 5 heteroatoms. The van der Waals surface area contributed by atoms with Crippen LogP contribution in [-0.2, 0) is 0 Å². The summed E-state index contributed by atoms with van der Waals surface area (Å²) in [6.45, 7) is 2.71. The molecule has 1 aliphatic heterocycles. The molecule has 2 aromatic carbocycles. The van der Waals surface area contributed by atoms with Gasteiger partial charge in [0.15, 0.2) is 0 Å². The fourth-order valence-electron chi connectivity index (χ4n) is 3.72. The lowest BCUT2D eigenvalue weighted by Gasteiger charge is -2.31. The summed E-state index contributed by atoms with van der Waals surface area (Å²) in [7, 11) is 3.30. The maximum Gasteiger partial charge on any atom is 0.251 e. The number of nitrogens with one attached hydrogen (secondary N) is 1. The van der Waals surface area contributed by atoms with Crippen molar-refractivity contribution < 1.29 is 14.3 Å². The minimum absolute atomic E-state index is 0.0593. The topological polar surface area (TPSA) is 50.8 Å². The largest absolute Gasteiger partial charge is 0.497 e. The Balaban J connectivity index is 1.72. The molecule has 0 aromatic heterocycles. The minimum atomic E-state index is -0.0593. The van der Waals surface area contributed by atoms with Crippen molar-refractivity contribution in [1.82, 2.24) is 10.2 Å². The number of amides is 1. The molecule has 0 bridgehead atoms. The first-order valence-corrected chi connectivity index (χ1v) is 10.0. The summed E-state index contributed by atoms with van der Waals surface area (Å²) in [5, 5.41) is 3.13. The molecule has 0 aliphatic carbocycles. The number of likely N-dealkylation sites (tertiary alicyclic amines) is 1. The third-order valence-corrected chi connectivity index (χ3v) is 5.39. The Hall–Kier alpha value is -2.53. The van der Waals surface area contributed by atoms with Crippen LogP contribution in [0.4, 0.5) is 0 Å². The summed E-state index contributed by atoms with van der Waals surface area (Å²) in [6.07, 6.45) is 4.98. The van der Waals surface area contributed by atoms with Crippen LogP contribution in [0, 0.1) is 0 Å². The summed E-state index contributed by atoms with van der Waals surface area (Å²) in [5.41, 5.74) is 1.85. The number of hydrogen-bond acceptors (Lipinski definition) is 4. The highest BCUT2D eigenvalue weighted by molar-refractivity contribution is 5.94. The zero-order valence-corrected chi connectivity index (χ0v) is 16.8. The summed E-state index contributed by atoms with van der Waals surface area (Å²) in [4.78, 5) is 15.1. The summed E-state index contributed by atoms with van der Waals surface area (Å²) >= 11 is 0. The van der Waals surface area contributed by atoms with Gasteiger partial charge in [0.05, 0.1) is 20.3 Å². The van der Waals surface area contributed by atoms with Crippen LogP contribution in [0.25, 0.3) is 0 Å². The van der Waals surface area contributed by atoms with Crippen molar-refractivity contribution >= 4 is 5.91 Å². The maximum absolute atomic E-state index is 12.6. The average molecular weight is 383 g/mol. The van der Waals surface area contributed by atoms with Crippen molar-refractivity contribution in [3.05, 3.63) is 59.7 Å². The molecule has 1 N–H and O–H groups in total. The molecule has 5 nitrogen and oxygen atoms in total. The second kappa shape index (κ2) is 10.1. The van der Waals surface area contributed by atoms with E-state index in [4.69, 9.17) is 9.47 Å². The molecule has 0 radical (unpaired) electrons. The van der Waals surface area contributed by atoms with Gasteiger partial charge >= 0.3 is 0 Å². The third-order valence-electron chi connectivity index (χ3n) is 5.39. The van der Waals surface area contributed by atoms with Gasteiger partial charge in [-0.15, -0.1) is 0 Å². The lowest BCUT2D eigenvalue weighted by atomic mass is 10.0. The number of ether oxygens (including phenoxy) is 2. The van der Waals surface area contributed by atoms with E-state index < -0.39 is 0 Å². The zero-order chi connectivity index (χ0) is 19.8. The van der Waals surface area contributed by atoms with Gasteiger partial charge in [-0.25, -0.2) is 0 Å². The Morgan fingerprint density at radius 2 is 1.43 bits per heavy atom. The van der Waals surface area contributed by atoms with Crippen LogP contribution in [0.2, 0.25) is 0 Å². The fourth-order valence-corrected chi connectivity index (χ4v) is 3.72. The highest BCUT2D eigenvalue weighted by Gasteiger charge is 2.22. The fraction of sp³-hybridized carbons (Fsp3) is 0.435. The zero-order valence-electron chi connectivity index (χ0n) is 16.8. The molecular weight excluding hydrogens is 352 g/mol. The summed E-state index contributed by atoms with van der Waals surface area (Å²) in [5.74, 6) is 1.54. The van der Waals surface area contributed by atoms with Crippen LogP contribution in [0.3, 0.4) is 0 Å². The Morgan fingerprint density at radius 1 is 0.893 bits per heavy atom. The monoisotopic (exact) mass is 382 g/mol. The molecule has 0 saturated carbocycles. The number of nitrogens with zero attached hydrogens (tertiary/aromatic N) is 1. The highest BCUT2D eigenvalue weighted by Crippen LogP contribution is 2.25. The van der Waals surface area contributed by atoms with Crippen molar-refractivity contribution in [3.63, 3.8) is 0 Å². The second-order valence-electron chi connectivity index (χ2n) is 7.18. The van der Waals surface area contributed by atoms with E-state index in [1.54, 1.807) is 26.4 Å². The van der Waals surface area contributed by atoms with Crippen LogP contribution in [0.15, 0.2) is 48.5 Å². The lowest BCUT2D eigenvalue weighted by Crippen LogP contribution is -2.38. The van der Waals surface area contributed by atoms with Gasteiger partial charge in [-0.3, -0.25) is 9.69 Å². The van der Waals surface area contributed by atoms with E-state index in [-0.39, 0.29) is 11.9 Å². The normalized spacial score (nSPS) is 16.1. The summed E-state index contributed by atoms with van der Waals surface area (Å²) < 4.78 is 10.5. The maximum atomic E-state index is 12.6. The molecule has 1 atom stereocenters. The van der Waals surface area contributed by atoms with Crippen LogP contribution in [0.1, 0.15) is 47.6 Å². The number of hydrogen-bond donors (Lipinski definition) is 1. The molecule has 1 saturated heterocycles. The second-order valence-corrected chi connectivity index (χ2v) is 7.18. The molecule has 2 aromatic rings. The van der Waals surface area contributed by atoms with Crippen molar-refractivity contribution in [2.75, 3.05) is 33.9 Å². The third kappa shape index (κ3) is 5.26. The van der Waals surface area contributed by atoms with Crippen molar-refractivity contribution in [1.29, 1.82) is 0 Å². The molecule has 1 amide bonds. The Bertz CT molecular complexity index is 735. The van der Waals surface area contributed by atoms with E-state index >= 15 is 0 Å². The van der Waals surface area contributed by atoms with Crippen molar-refractivity contribution in [2.24, 2.45) is 0 Å². The molecule has 0 spiro atoms. The van der Waals surface area contributed by atoms with E-state index in [0.717, 1.165) is 24.6 Å². The highest BCUT2D eigenvalue weighted by atomic mass is 16.5. The molecule has 1 fully saturated rings. The predicted molar refractivity (Wildman–Crippen MR) is 111 cm³/mol. The first-order chi connectivity index (χ1) is 13.7. The van der Waals surface area contributed by atoms with Gasteiger partial charge in [0, 0.05) is 12.1 Å². The van der Waals surface area contributed by atoms with E-state index in [2.05, 4.69) is 22.3 Å². The molecule has 1 aliphatic rings. The predicted octanol–water partition coefficient (Wildman–Crippen LogP) is 4.05. The van der Waals surface area contributed by atoms with Crippen LogP contribution in [0.5, 0.6) is 11.5 Å². The molecule has 1 heterocycles. The van der Waals surface area contributed by atoms with Gasteiger partial charge in [-0.1, -0.05) is 25.0 Å². The van der Waals surface area contributed by atoms with Crippen LogP contribution in [-0.4, -0.2) is 44.7 Å².